The van der Waals surface area contributed by atoms with Crippen molar-refractivity contribution >= 4 is 5.84 Å². The summed E-state index contributed by atoms with van der Waals surface area (Å²) >= 11 is 0. The molecule has 0 aromatic heterocycles. The van der Waals surface area contributed by atoms with Crippen LogP contribution < -0.4 is 11.1 Å². The van der Waals surface area contributed by atoms with Crippen LogP contribution in [0.2, 0.25) is 0 Å². The van der Waals surface area contributed by atoms with E-state index in [4.69, 9.17) is 10.5 Å². The number of aliphatic imine (C=N–C) groups is 1. The summed E-state index contributed by atoms with van der Waals surface area (Å²) in [5.41, 5.74) is 6.00. The Balaban J connectivity index is 4.53. The monoisotopic (exact) mass is 242 g/mol. The predicted octanol–water partition coefficient (Wildman–Crippen LogP) is 0.781. The number of hydrogen-bond donors (Lipinski definition) is 2. The third kappa shape index (κ3) is 6.16. The number of hydrogen-bond acceptors (Lipinski definition) is 4. The molecule has 0 fully saturated rings. The maximum Gasteiger partial charge on any atom is 0.124 e. The van der Waals surface area contributed by atoms with Gasteiger partial charge in [0.25, 0.3) is 0 Å². The number of amidine groups is 1. The van der Waals surface area contributed by atoms with Gasteiger partial charge in [-0.25, -0.2) is 0 Å². The zero-order valence-corrected chi connectivity index (χ0v) is 11.7. The van der Waals surface area contributed by atoms with Crippen molar-refractivity contribution in [2.75, 3.05) is 33.9 Å². The van der Waals surface area contributed by atoms with E-state index in [0.29, 0.717) is 6.61 Å². The lowest BCUT2D eigenvalue weighted by Crippen LogP contribution is -2.36. The first-order valence-corrected chi connectivity index (χ1v) is 6.03. The van der Waals surface area contributed by atoms with Gasteiger partial charge in [-0.2, -0.15) is 0 Å². The Bertz CT molecular complexity index is 259. The lowest BCUT2D eigenvalue weighted by atomic mass is 10.3. The van der Waals surface area contributed by atoms with E-state index in [2.05, 4.69) is 29.1 Å². The van der Waals surface area contributed by atoms with Crippen LogP contribution in [0, 0.1) is 0 Å². The van der Waals surface area contributed by atoms with Crippen molar-refractivity contribution in [3.63, 3.8) is 0 Å². The third-order valence-electron chi connectivity index (χ3n) is 2.47. The average molecular weight is 242 g/mol. The molecule has 0 aliphatic rings. The molecule has 0 unspecified atom stereocenters. The molecule has 5 heteroatoms. The second-order valence-electron chi connectivity index (χ2n) is 3.85. The molecule has 0 heterocycles. The molecular formula is C12H26N4O. The molecule has 100 valence electrons. The lowest BCUT2D eigenvalue weighted by molar-refractivity contribution is 0.179. The minimum Gasteiger partial charge on any atom is -0.385 e. The van der Waals surface area contributed by atoms with Crippen LogP contribution in [-0.2, 0) is 4.74 Å². The predicted molar refractivity (Wildman–Crippen MR) is 73.0 cm³/mol. The Kier molecular flexibility index (Phi) is 8.23. The lowest BCUT2D eigenvalue weighted by Gasteiger charge is -2.22. The molecule has 0 bridgehead atoms. The minimum atomic E-state index is 0.208. The standard InChI is InChI=1S/C12H26N4O/c1-6-16(7-2)11(13)8-12(14-4)15-10(3)9-17-5/h8,10H,6-7,9,13H2,1-5H3,(H,14,15)/b11-8+/t10-/m1/s1. The molecular weight excluding hydrogens is 216 g/mol. The smallest absolute Gasteiger partial charge is 0.124 e. The van der Waals surface area contributed by atoms with Crippen molar-refractivity contribution in [3.8, 4) is 0 Å². The molecule has 0 amide bonds. The highest BCUT2D eigenvalue weighted by Crippen LogP contribution is 1.97. The molecule has 3 N–H and O–H groups in total. The van der Waals surface area contributed by atoms with Gasteiger partial charge >= 0.3 is 0 Å². The maximum atomic E-state index is 6.00. The fourth-order valence-electron chi connectivity index (χ4n) is 1.54. The number of methoxy groups -OCH3 is 1. The summed E-state index contributed by atoms with van der Waals surface area (Å²) in [6.45, 7) is 8.61. The van der Waals surface area contributed by atoms with Crippen molar-refractivity contribution in [1.82, 2.24) is 10.2 Å². The summed E-state index contributed by atoms with van der Waals surface area (Å²) in [6, 6.07) is 0.208. The van der Waals surface area contributed by atoms with E-state index in [9.17, 15) is 0 Å². The van der Waals surface area contributed by atoms with E-state index in [1.54, 1.807) is 14.2 Å². The zero-order valence-electron chi connectivity index (χ0n) is 11.7. The molecule has 5 nitrogen and oxygen atoms in total. The Morgan fingerprint density at radius 3 is 2.47 bits per heavy atom. The highest BCUT2D eigenvalue weighted by molar-refractivity contribution is 5.93. The van der Waals surface area contributed by atoms with Gasteiger partial charge in [-0.3, -0.25) is 4.99 Å². The second-order valence-corrected chi connectivity index (χ2v) is 3.85. The molecule has 1 atom stereocenters. The van der Waals surface area contributed by atoms with Crippen molar-refractivity contribution < 1.29 is 4.74 Å². The molecule has 0 spiro atoms. The zero-order chi connectivity index (χ0) is 13.3. The van der Waals surface area contributed by atoms with Crippen molar-refractivity contribution in [3.05, 3.63) is 11.9 Å². The van der Waals surface area contributed by atoms with Gasteiger partial charge in [-0.05, 0) is 20.8 Å². The number of nitrogens with two attached hydrogens (primary N) is 1. The van der Waals surface area contributed by atoms with E-state index in [1.807, 2.05) is 13.0 Å². The first-order valence-electron chi connectivity index (χ1n) is 6.03. The molecule has 0 radical (unpaired) electrons. The fraction of sp³-hybridized carbons (Fsp3) is 0.750. The second kappa shape index (κ2) is 8.87. The fourth-order valence-corrected chi connectivity index (χ4v) is 1.54. The average Bonchev–Trinajstić information content (AvgIpc) is 2.30. The van der Waals surface area contributed by atoms with Gasteiger partial charge in [-0.15, -0.1) is 0 Å². The summed E-state index contributed by atoms with van der Waals surface area (Å²) in [7, 11) is 3.43. The SMILES string of the molecule is CCN(CC)/C(N)=C/C(=N\C)N[C@H](C)COC. The van der Waals surface area contributed by atoms with Crippen LogP contribution in [0.3, 0.4) is 0 Å². The minimum absolute atomic E-state index is 0.208. The molecule has 0 saturated heterocycles. The van der Waals surface area contributed by atoms with Crippen LogP contribution in [0.5, 0.6) is 0 Å². The number of nitrogens with zero attached hydrogens (tertiary/aromatic N) is 2. The van der Waals surface area contributed by atoms with Crippen LogP contribution in [0.15, 0.2) is 16.9 Å². The number of rotatable bonds is 7. The van der Waals surface area contributed by atoms with Crippen LogP contribution in [-0.4, -0.2) is 50.6 Å². The van der Waals surface area contributed by atoms with Crippen molar-refractivity contribution in [1.29, 1.82) is 0 Å². The van der Waals surface area contributed by atoms with E-state index in [-0.39, 0.29) is 6.04 Å². The van der Waals surface area contributed by atoms with E-state index in [1.165, 1.54) is 0 Å². The maximum absolute atomic E-state index is 6.00. The molecule has 0 aromatic rings. The van der Waals surface area contributed by atoms with Gasteiger partial charge in [0, 0.05) is 39.4 Å². The molecule has 0 aliphatic carbocycles. The van der Waals surface area contributed by atoms with Gasteiger partial charge < -0.3 is 20.7 Å². The Hall–Kier alpha value is -1.23. The van der Waals surface area contributed by atoms with Gasteiger partial charge in [-0.1, -0.05) is 0 Å². The van der Waals surface area contributed by atoms with E-state index in [0.717, 1.165) is 24.7 Å². The van der Waals surface area contributed by atoms with Crippen LogP contribution >= 0.6 is 0 Å². The molecule has 0 aliphatic heterocycles. The molecule has 0 saturated carbocycles. The Labute approximate surface area is 105 Å². The van der Waals surface area contributed by atoms with Gasteiger partial charge in [0.05, 0.1) is 6.61 Å². The first kappa shape index (κ1) is 15.8. The highest BCUT2D eigenvalue weighted by Gasteiger charge is 2.05. The summed E-state index contributed by atoms with van der Waals surface area (Å²) in [5, 5.41) is 3.24. The third-order valence-corrected chi connectivity index (χ3v) is 2.47. The van der Waals surface area contributed by atoms with E-state index >= 15 is 0 Å². The topological polar surface area (TPSA) is 62.9 Å². The normalized spacial score (nSPS) is 14.6. The summed E-state index contributed by atoms with van der Waals surface area (Å²) < 4.78 is 5.06. The van der Waals surface area contributed by atoms with Crippen molar-refractivity contribution in [2.45, 2.75) is 26.8 Å². The van der Waals surface area contributed by atoms with Gasteiger partial charge in [0.1, 0.15) is 11.7 Å². The quantitative estimate of drug-likeness (QED) is 0.511. The van der Waals surface area contributed by atoms with Crippen LogP contribution in [0.25, 0.3) is 0 Å². The van der Waals surface area contributed by atoms with E-state index < -0.39 is 0 Å². The van der Waals surface area contributed by atoms with Crippen molar-refractivity contribution in [2.24, 2.45) is 10.7 Å². The van der Waals surface area contributed by atoms with Gasteiger partial charge in [0.2, 0.25) is 0 Å². The number of nitrogens with one attached hydrogen (secondary N) is 1. The highest BCUT2D eigenvalue weighted by atomic mass is 16.5. The first-order chi connectivity index (χ1) is 8.08. The van der Waals surface area contributed by atoms with Gasteiger partial charge in [0.15, 0.2) is 0 Å². The Morgan fingerprint density at radius 2 is 2.06 bits per heavy atom. The molecule has 0 rings (SSSR count). The molecule has 17 heavy (non-hydrogen) atoms. The molecule has 0 aromatic carbocycles. The summed E-state index contributed by atoms with van der Waals surface area (Å²) in [4.78, 5) is 6.25. The number of ether oxygens (including phenoxy) is 1. The Morgan fingerprint density at radius 1 is 1.47 bits per heavy atom. The van der Waals surface area contributed by atoms with Crippen LogP contribution in [0.1, 0.15) is 20.8 Å². The summed E-state index contributed by atoms with van der Waals surface area (Å²) in [5.74, 6) is 1.51. The largest absolute Gasteiger partial charge is 0.385 e. The summed E-state index contributed by atoms with van der Waals surface area (Å²) in [6.07, 6.45) is 1.86. The van der Waals surface area contributed by atoms with Crippen LogP contribution in [0.4, 0.5) is 0 Å².